The van der Waals surface area contributed by atoms with Crippen LogP contribution in [0.25, 0.3) is 0 Å². The van der Waals surface area contributed by atoms with Crippen LogP contribution in [0.5, 0.6) is 0 Å². The van der Waals surface area contributed by atoms with Crippen LogP contribution in [-0.4, -0.2) is 82.3 Å². The van der Waals surface area contributed by atoms with Gasteiger partial charge in [0.15, 0.2) is 0 Å². The van der Waals surface area contributed by atoms with Crippen LogP contribution in [0.15, 0.2) is 24.3 Å². The Bertz CT molecular complexity index is 613. The van der Waals surface area contributed by atoms with Gasteiger partial charge in [0.05, 0.1) is 24.6 Å². The first kappa shape index (κ1) is 18.6. The van der Waals surface area contributed by atoms with Crippen LogP contribution < -0.4 is 20.9 Å². The van der Waals surface area contributed by atoms with Crippen molar-refractivity contribution in [1.82, 2.24) is 15.5 Å². The summed E-state index contributed by atoms with van der Waals surface area (Å²) < 4.78 is 5.37. The van der Waals surface area contributed by atoms with Gasteiger partial charge in [-0.2, -0.15) is 0 Å². The van der Waals surface area contributed by atoms with Crippen molar-refractivity contribution < 1.29 is 14.3 Å². The molecule has 3 rings (SSSR count). The molecule has 2 aliphatic rings. The fourth-order valence-electron chi connectivity index (χ4n) is 3.18. The molecule has 2 fully saturated rings. The van der Waals surface area contributed by atoms with Gasteiger partial charge in [-0.05, 0) is 12.1 Å². The number of ether oxygens (including phenoxy) is 1. The number of carbonyl (C=O) groups excluding carboxylic acids is 2. The molecule has 0 aliphatic carbocycles. The topological polar surface area (TPSA) is 85.9 Å². The van der Waals surface area contributed by atoms with E-state index in [-0.39, 0.29) is 0 Å². The van der Waals surface area contributed by atoms with Gasteiger partial charge in [0.25, 0.3) is 0 Å². The molecule has 1 aromatic rings. The number of nitrogens with zero attached hydrogens (tertiary/aromatic N) is 2. The molecule has 8 heteroatoms. The van der Waals surface area contributed by atoms with Crippen molar-refractivity contribution in [2.24, 2.45) is 0 Å². The van der Waals surface area contributed by atoms with Gasteiger partial charge in [-0.15, -0.1) is 0 Å². The standard InChI is InChI=1S/C18H27N5O3/c24-17(20-7-10-22-8-5-19-6-9-22)18(25)21-15-3-1-2-4-16(15)23-11-13-26-14-12-23/h1-4,19H,5-14H2,(H,20,24)(H,21,25). The summed E-state index contributed by atoms with van der Waals surface area (Å²) in [5, 5.41) is 8.73. The highest BCUT2D eigenvalue weighted by atomic mass is 16.5. The van der Waals surface area contributed by atoms with E-state index in [4.69, 9.17) is 4.74 Å². The summed E-state index contributed by atoms with van der Waals surface area (Å²) in [6, 6.07) is 7.54. The molecule has 26 heavy (non-hydrogen) atoms. The van der Waals surface area contributed by atoms with Gasteiger partial charge in [-0.25, -0.2) is 0 Å². The highest BCUT2D eigenvalue weighted by Gasteiger charge is 2.19. The molecular formula is C18H27N5O3. The van der Waals surface area contributed by atoms with Gasteiger partial charge >= 0.3 is 11.8 Å². The first-order valence-electron chi connectivity index (χ1n) is 9.18. The number of morpholine rings is 1. The summed E-state index contributed by atoms with van der Waals surface area (Å²) in [6.45, 7) is 7.95. The smallest absolute Gasteiger partial charge is 0.313 e. The zero-order valence-electron chi connectivity index (χ0n) is 15.0. The predicted molar refractivity (Wildman–Crippen MR) is 100 cm³/mol. The molecule has 2 aliphatic heterocycles. The fraction of sp³-hybridized carbons (Fsp3) is 0.556. The summed E-state index contributed by atoms with van der Waals surface area (Å²) >= 11 is 0. The number of nitrogens with one attached hydrogen (secondary N) is 3. The SMILES string of the molecule is O=C(NCCN1CCNCC1)C(=O)Nc1ccccc1N1CCOCC1. The zero-order chi connectivity index (χ0) is 18.2. The lowest BCUT2D eigenvalue weighted by atomic mass is 10.2. The summed E-state index contributed by atoms with van der Waals surface area (Å²) in [6.07, 6.45) is 0. The quantitative estimate of drug-likeness (QED) is 0.612. The van der Waals surface area contributed by atoms with Crippen LogP contribution in [0.3, 0.4) is 0 Å². The number of hydrogen-bond donors (Lipinski definition) is 3. The molecule has 0 unspecified atom stereocenters. The number of carbonyl (C=O) groups is 2. The number of benzene rings is 1. The molecule has 1 aromatic carbocycles. The summed E-state index contributed by atoms with van der Waals surface area (Å²) in [7, 11) is 0. The minimum atomic E-state index is -0.633. The second-order valence-electron chi connectivity index (χ2n) is 6.42. The molecule has 0 aromatic heterocycles. The molecule has 2 heterocycles. The third-order valence-corrected chi connectivity index (χ3v) is 4.63. The van der Waals surface area contributed by atoms with E-state index in [9.17, 15) is 9.59 Å². The Kier molecular flexibility index (Phi) is 6.82. The molecule has 0 bridgehead atoms. The molecule has 8 nitrogen and oxygen atoms in total. The number of anilines is 2. The largest absolute Gasteiger partial charge is 0.378 e. The summed E-state index contributed by atoms with van der Waals surface area (Å²) in [4.78, 5) is 28.7. The van der Waals surface area contributed by atoms with Crippen molar-refractivity contribution >= 4 is 23.2 Å². The molecule has 3 N–H and O–H groups in total. The number of piperazine rings is 1. The second-order valence-corrected chi connectivity index (χ2v) is 6.42. The third-order valence-electron chi connectivity index (χ3n) is 4.63. The van der Waals surface area contributed by atoms with Gasteiger partial charge in [-0.1, -0.05) is 12.1 Å². The van der Waals surface area contributed by atoms with Crippen molar-refractivity contribution in [3.05, 3.63) is 24.3 Å². The predicted octanol–water partition coefficient (Wildman–Crippen LogP) is -0.517. The molecule has 0 saturated carbocycles. The Morgan fingerprint density at radius 3 is 2.54 bits per heavy atom. The minimum Gasteiger partial charge on any atom is -0.378 e. The van der Waals surface area contributed by atoms with E-state index < -0.39 is 11.8 Å². The third kappa shape index (κ3) is 5.17. The Balaban J connectivity index is 1.49. The number of hydrogen-bond acceptors (Lipinski definition) is 6. The van der Waals surface area contributed by atoms with E-state index >= 15 is 0 Å². The molecule has 2 amide bonds. The average molecular weight is 361 g/mol. The van der Waals surface area contributed by atoms with E-state index in [0.717, 1.165) is 51.5 Å². The summed E-state index contributed by atoms with van der Waals surface area (Å²) in [5.74, 6) is -1.23. The van der Waals surface area contributed by atoms with Gasteiger partial charge in [-0.3, -0.25) is 14.5 Å². The molecule has 2 saturated heterocycles. The van der Waals surface area contributed by atoms with Crippen molar-refractivity contribution in [3.8, 4) is 0 Å². The Labute approximate surface area is 153 Å². The van der Waals surface area contributed by atoms with Crippen LogP contribution in [-0.2, 0) is 14.3 Å². The lowest BCUT2D eigenvalue weighted by molar-refractivity contribution is -0.136. The van der Waals surface area contributed by atoms with E-state index in [1.54, 1.807) is 0 Å². The van der Waals surface area contributed by atoms with Gasteiger partial charge in [0.1, 0.15) is 0 Å². The average Bonchev–Trinajstić information content (AvgIpc) is 2.70. The number of amides is 2. The number of para-hydroxylation sites is 2. The van der Waals surface area contributed by atoms with E-state index in [0.29, 0.717) is 25.4 Å². The normalized spacial score (nSPS) is 18.4. The Morgan fingerprint density at radius 1 is 1.04 bits per heavy atom. The molecule has 142 valence electrons. The minimum absolute atomic E-state index is 0.470. The van der Waals surface area contributed by atoms with Crippen LogP contribution in [0, 0.1) is 0 Å². The van der Waals surface area contributed by atoms with Gasteiger partial charge in [0, 0.05) is 52.4 Å². The highest BCUT2D eigenvalue weighted by molar-refractivity contribution is 6.39. The first-order valence-corrected chi connectivity index (χ1v) is 9.18. The van der Waals surface area contributed by atoms with E-state index in [1.807, 2.05) is 24.3 Å². The lowest BCUT2D eigenvalue weighted by Crippen LogP contribution is -2.47. The maximum absolute atomic E-state index is 12.2. The Hall–Kier alpha value is -2.16. The molecule has 0 atom stereocenters. The molecule has 0 spiro atoms. The first-order chi connectivity index (χ1) is 12.7. The summed E-state index contributed by atoms with van der Waals surface area (Å²) in [5.41, 5.74) is 1.56. The lowest BCUT2D eigenvalue weighted by Gasteiger charge is -2.30. The molecular weight excluding hydrogens is 334 g/mol. The number of rotatable bonds is 5. The van der Waals surface area contributed by atoms with Gasteiger partial charge in [0.2, 0.25) is 0 Å². The second kappa shape index (κ2) is 9.51. The van der Waals surface area contributed by atoms with E-state index in [1.165, 1.54) is 0 Å². The van der Waals surface area contributed by atoms with Gasteiger partial charge < -0.3 is 25.6 Å². The van der Waals surface area contributed by atoms with E-state index in [2.05, 4.69) is 25.8 Å². The van der Waals surface area contributed by atoms with Crippen LogP contribution >= 0.6 is 0 Å². The maximum Gasteiger partial charge on any atom is 0.313 e. The fourth-order valence-corrected chi connectivity index (χ4v) is 3.18. The van der Waals surface area contributed by atoms with Crippen molar-refractivity contribution in [2.75, 3.05) is 75.8 Å². The van der Waals surface area contributed by atoms with Crippen molar-refractivity contribution in [3.63, 3.8) is 0 Å². The van der Waals surface area contributed by atoms with Crippen LogP contribution in [0.4, 0.5) is 11.4 Å². The maximum atomic E-state index is 12.2. The zero-order valence-corrected chi connectivity index (χ0v) is 15.0. The Morgan fingerprint density at radius 2 is 1.77 bits per heavy atom. The van der Waals surface area contributed by atoms with Crippen molar-refractivity contribution in [2.45, 2.75) is 0 Å². The highest BCUT2D eigenvalue weighted by Crippen LogP contribution is 2.26. The van der Waals surface area contributed by atoms with Crippen LogP contribution in [0.1, 0.15) is 0 Å². The molecule has 0 radical (unpaired) electrons. The monoisotopic (exact) mass is 361 g/mol. The van der Waals surface area contributed by atoms with Crippen LogP contribution in [0.2, 0.25) is 0 Å². The van der Waals surface area contributed by atoms with Crippen molar-refractivity contribution in [1.29, 1.82) is 0 Å².